The van der Waals surface area contributed by atoms with Crippen LogP contribution in [0.15, 0.2) is 59.2 Å². The lowest BCUT2D eigenvalue weighted by Crippen LogP contribution is -2.47. The zero-order chi connectivity index (χ0) is 24.8. The number of nitrogens with one attached hydrogen (secondary N) is 2. The first kappa shape index (κ1) is 24.3. The third-order valence-electron chi connectivity index (χ3n) is 5.88. The van der Waals surface area contributed by atoms with Crippen molar-refractivity contribution in [3.8, 4) is 0 Å². The van der Waals surface area contributed by atoms with E-state index in [4.69, 9.17) is 4.42 Å². The minimum Gasteiger partial charge on any atom is -0.467 e. The van der Waals surface area contributed by atoms with Crippen molar-refractivity contribution >= 4 is 17.7 Å². The van der Waals surface area contributed by atoms with Crippen molar-refractivity contribution in [1.82, 2.24) is 25.3 Å². The van der Waals surface area contributed by atoms with Gasteiger partial charge in [-0.2, -0.15) is 5.10 Å². The van der Waals surface area contributed by atoms with Gasteiger partial charge in [0.25, 0.3) is 11.8 Å². The second kappa shape index (κ2) is 11.0. The Kier molecular flexibility index (Phi) is 7.64. The zero-order valence-corrected chi connectivity index (χ0v) is 20.1. The molecule has 1 aliphatic rings. The van der Waals surface area contributed by atoms with E-state index >= 15 is 0 Å². The Morgan fingerprint density at radius 3 is 2.63 bits per heavy atom. The highest BCUT2D eigenvalue weighted by Gasteiger charge is 2.28. The summed E-state index contributed by atoms with van der Waals surface area (Å²) in [6, 6.07) is 14.1. The Hall–Kier alpha value is -3.88. The fraction of sp³-hybridized carbons (Fsp3) is 0.385. The van der Waals surface area contributed by atoms with Crippen LogP contribution in [0.1, 0.15) is 59.0 Å². The number of aromatic nitrogens is 2. The van der Waals surface area contributed by atoms with E-state index < -0.39 is 11.9 Å². The molecule has 35 heavy (non-hydrogen) atoms. The highest BCUT2D eigenvalue weighted by molar-refractivity contribution is 5.99. The quantitative estimate of drug-likeness (QED) is 0.492. The number of hydrogen-bond acceptors (Lipinski definition) is 5. The number of rotatable bonds is 9. The van der Waals surface area contributed by atoms with Gasteiger partial charge in [-0.1, -0.05) is 44.2 Å². The lowest BCUT2D eigenvalue weighted by molar-refractivity contribution is -0.123. The molecule has 0 spiro atoms. The SMILES string of the molecule is CC(C)CC(NC(=O)c1cc2n(n1)CCCN(Cc1ccccc1)C2=O)C(=O)NCc1ccco1. The predicted octanol–water partition coefficient (Wildman–Crippen LogP) is 2.98. The number of furan rings is 1. The first-order chi connectivity index (χ1) is 16.9. The fourth-order valence-corrected chi connectivity index (χ4v) is 4.15. The molecular formula is C26H31N5O4. The number of amides is 3. The zero-order valence-electron chi connectivity index (χ0n) is 20.1. The average molecular weight is 478 g/mol. The Morgan fingerprint density at radius 1 is 1.11 bits per heavy atom. The van der Waals surface area contributed by atoms with Crippen LogP contribution < -0.4 is 10.6 Å². The van der Waals surface area contributed by atoms with Crippen LogP contribution in [0.25, 0.3) is 0 Å². The molecule has 9 heteroatoms. The van der Waals surface area contributed by atoms with Gasteiger partial charge in [-0.15, -0.1) is 0 Å². The summed E-state index contributed by atoms with van der Waals surface area (Å²) in [5.41, 5.74) is 1.55. The summed E-state index contributed by atoms with van der Waals surface area (Å²) in [5.74, 6) is -0.125. The third-order valence-corrected chi connectivity index (χ3v) is 5.88. The maximum atomic E-state index is 13.2. The molecule has 3 amide bonds. The van der Waals surface area contributed by atoms with E-state index in [1.165, 1.54) is 6.07 Å². The van der Waals surface area contributed by atoms with Crippen molar-refractivity contribution < 1.29 is 18.8 Å². The second-order valence-corrected chi connectivity index (χ2v) is 9.16. The molecule has 1 atom stereocenters. The number of aryl methyl sites for hydroxylation is 1. The second-order valence-electron chi connectivity index (χ2n) is 9.16. The Bertz CT molecular complexity index is 1150. The summed E-state index contributed by atoms with van der Waals surface area (Å²) in [5, 5.41) is 10.0. The van der Waals surface area contributed by atoms with Crippen molar-refractivity contribution in [2.75, 3.05) is 6.54 Å². The van der Waals surface area contributed by atoms with E-state index in [1.807, 2.05) is 44.2 Å². The van der Waals surface area contributed by atoms with E-state index in [0.29, 0.717) is 37.5 Å². The average Bonchev–Trinajstić information content (AvgIpc) is 3.49. The number of fused-ring (bicyclic) bond motifs is 1. The van der Waals surface area contributed by atoms with Crippen molar-refractivity contribution in [3.63, 3.8) is 0 Å². The number of carbonyl (C=O) groups is 3. The molecule has 0 saturated heterocycles. The smallest absolute Gasteiger partial charge is 0.272 e. The van der Waals surface area contributed by atoms with Crippen LogP contribution in [0.4, 0.5) is 0 Å². The summed E-state index contributed by atoms with van der Waals surface area (Å²) in [6.07, 6.45) is 2.74. The van der Waals surface area contributed by atoms with Gasteiger partial charge in [0.05, 0.1) is 12.8 Å². The Balaban J connectivity index is 1.45. The van der Waals surface area contributed by atoms with Crippen molar-refractivity contribution in [2.45, 2.75) is 52.4 Å². The first-order valence-electron chi connectivity index (χ1n) is 11.9. The summed E-state index contributed by atoms with van der Waals surface area (Å²) in [6.45, 7) is 5.86. The van der Waals surface area contributed by atoms with Crippen molar-refractivity contribution in [3.05, 3.63) is 77.5 Å². The number of nitrogens with zero attached hydrogens (tertiary/aromatic N) is 3. The number of hydrogen-bond donors (Lipinski definition) is 2. The molecule has 1 aromatic carbocycles. The molecule has 0 bridgehead atoms. The largest absolute Gasteiger partial charge is 0.467 e. The van der Waals surface area contributed by atoms with Gasteiger partial charge < -0.3 is 20.0 Å². The molecule has 0 fully saturated rings. The van der Waals surface area contributed by atoms with Gasteiger partial charge in [-0.3, -0.25) is 19.1 Å². The molecular weight excluding hydrogens is 446 g/mol. The van der Waals surface area contributed by atoms with E-state index in [0.717, 1.165) is 12.0 Å². The van der Waals surface area contributed by atoms with E-state index in [-0.39, 0.29) is 30.0 Å². The van der Waals surface area contributed by atoms with Crippen molar-refractivity contribution in [2.24, 2.45) is 5.92 Å². The van der Waals surface area contributed by atoms with Gasteiger partial charge in [0.1, 0.15) is 17.5 Å². The first-order valence-corrected chi connectivity index (χ1v) is 11.9. The van der Waals surface area contributed by atoms with Gasteiger partial charge in [-0.05, 0) is 36.5 Å². The van der Waals surface area contributed by atoms with Gasteiger partial charge in [-0.25, -0.2) is 0 Å². The van der Waals surface area contributed by atoms with Crippen LogP contribution in [0.5, 0.6) is 0 Å². The lowest BCUT2D eigenvalue weighted by atomic mass is 10.0. The van der Waals surface area contributed by atoms with Gasteiger partial charge in [0.15, 0.2) is 5.69 Å². The maximum absolute atomic E-state index is 13.2. The molecule has 3 heterocycles. The predicted molar refractivity (Wildman–Crippen MR) is 129 cm³/mol. The molecule has 184 valence electrons. The Labute approximate surface area is 204 Å². The minimum atomic E-state index is -0.732. The number of benzene rings is 1. The lowest BCUT2D eigenvalue weighted by Gasteiger charge is -2.20. The van der Waals surface area contributed by atoms with E-state index in [1.54, 1.807) is 28.0 Å². The number of carbonyl (C=O) groups excluding carboxylic acids is 3. The van der Waals surface area contributed by atoms with E-state index in [9.17, 15) is 14.4 Å². The molecule has 0 radical (unpaired) electrons. The topological polar surface area (TPSA) is 109 Å². The summed E-state index contributed by atoms with van der Waals surface area (Å²) in [4.78, 5) is 40.8. The summed E-state index contributed by atoms with van der Waals surface area (Å²) >= 11 is 0. The van der Waals surface area contributed by atoms with E-state index in [2.05, 4.69) is 15.7 Å². The molecule has 0 aliphatic carbocycles. The molecule has 3 aromatic rings. The van der Waals surface area contributed by atoms with Crippen LogP contribution >= 0.6 is 0 Å². The van der Waals surface area contributed by atoms with Gasteiger partial charge in [0.2, 0.25) is 5.91 Å². The molecule has 9 nitrogen and oxygen atoms in total. The van der Waals surface area contributed by atoms with Crippen LogP contribution in [-0.4, -0.2) is 45.0 Å². The summed E-state index contributed by atoms with van der Waals surface area (Å²) in [7, 11) is 0. The van der Waals surface area contributed by atoms with Crippen LogP contribution in [0, 0.1) is 5.92 Å². The third kappa shape index (κ3) is 6.17. The normalized spacial score (nSPS) is 14.4. The minimum absolute atomic E-state index is 0.127. The van der Waals surface area contributed by atoms with Gasteiger partial charge >= 0.3 is 0 Å². The fourth-order valence-electron chi connectivity index (χ4n) is 4.15. The molecule has 1 aliphatic heterocycles. The molecule has 2 N–H and O–H groups in total. The van der Waals surface area contributed by atoms with Crippen molar-refractivity contribution in [1.29, 1.82) is 0 Å². The Morgan fingerprint density at radius 2 is 1.91 bits per heavy atom. The van der Waals surface area contributed by atoms with Crippen LogP contribution in [0.2, 0.25) is 0 Å². The monoisotopic (exact) mass is 477 g/mol. The summed E-state index contributed by atoms with van der Waals surface area (Å²) < 4.78 is 6.85. The highest BCUT2D eigenvalue weighted by Crippen LogP contribution is 2.17. The van der Waals surface area contributed by atoms with Crippen LogP contribution in [0.3, 0.4) is 0 Å². The standard InChI is InChI=1S/C26H31N5O4/c1-18(2)14-21(24(32)27-16-20-10-6-13-35-20)28-25(33)22-15-23-26(34)30(11-7-12-31(23)29-22)17-19-8-4-3-5-9-19/h3-6,8-10,13,15,18,21H,7,11-12,14,16-17H2,1-2H3,(H,27,32)(H,28,33). The molecule has 1 unspecified atom stereocenters. The highest BCUT2D eigenvalue weighted by atomic mass is 16.3. The molecule has 4 rings (SSSR count). The van der Waals surface area contributed by atoms with Crippen LogP contribution in [-0.2, 0) is 24.4 Å². The molecule has 0 saturated carbocycles. The maximum Gasteiger partial charge on any atom is 0.272 e. The van der Waals surface area contributed by atoms with Gasteiger partial charge in [0, 0.05) is 25.7 Å². The molecule has 2 aromatic heterocycles.